The van der Waals surface area contributed by atoms with Crippen LogP contribution in [0.1, 0.15) is 20.7 Å². The summed E-state index contributed by atoms with van der Waals surface area (Å²) in [5.74, 6) is -1.08. The Morgan fingerprint density at radius 1 is 1.14 bits per heavy atom. The van der Waals surface area contributed by atoms with Gasteiger partial charge >= 0.3 is 5.97 Å². The van der Waals surface area contributed by atoms with Crippen molar-refractivity contribution < 1.29 is 14.3 Å². The van der Waals surface area contributed by atoms with Crippen molar-refractivity contribution in [2.45, 2.75) is 0 Å². The second-order valence-electron chi connectivity index (χ2n) is 4.36. The summed E-state index contributed by atoms with van der Waals surface area (Å²) >= 11 is 14.9. The highest BCUT2D eigenvalue weighted by molar-refractivity contribution is 9.10. The van der Waals surface area contributed by atoms with E-state index in [0.29, 0.717) is 5.56 Å². The number of hydrogen-bond acceptors (Lipinski definition) is 4. The molecule has 0 aromatic heterocycles. The number of carbonyl (C=O) groups is 2. The van der Waals surface area contributed by atoms with Crippen molar-refractivity contribution in [3.63, 3.8) is 0 Å². The van der Waals surface area contributed by atoms with Gasteiger partial charge in [0.05, 0.1) is 16.3 Å². The topological polar surface area (TPSA) is 69.4 Å². The van der Waals surface area contributed by atoms with Crippen LogP contribution in [0.15, 0.2) is 40.9 Å². The van der Waals surface area contributed by atoms with Crippen LogP contribution >= 0.6 is 39.1 Å². The molecule has 0 heterocycles. The molecule has 0 spiro atoms. The molecule has 4 nitrogen and oxygen atoms in total. The van der Waals surface area contributed by atoms with Gasteiger partial charge in [0.15, 0.2) is 12.4 Å². The monoisotopic (exact) mass is 401 g/mol. The SMILES string of the molecule is Nc1c(Cl)cc(Cl)cc1C(=O)OCC(=O)c1ccc(Br)cc1. The van der Waals surface area contributed by atoms with Crippen LogP contribution < -0.4 is 5.73 Å². The number of ketones is 1. The highest BCUT2D eigenvalue weighted by Gasteiger charge is 2.17. The minimum Gasteiger partial charge on any atom is -0.454 e. The summed E-state index contributed by atoms with van der Waals surface area (Å²) in [6.45, 7) is -0.399. The number of rotatable bonds is 4. The molecule has 0 aliphatic carbocycles. The van der Waals surface area contributed by atoms with E-state index < -0.39 is 12.6 Å². The summed E-state index contributed by atoms with van der Waals surface area (Å²) in [6.07, 6.45) is 0. The molecule has 0 amide bonds. The molecule has 2 aromatic rings. The standard InChI is InChI=1S/C15H10BrCl2NO3/c16-9-3-1-8(2-4-9)13(20)7-22-15(21)11-5-10(17)6-12(18)14(11)19/h1-6H,7,19H2. The van der Waals surface area contributed by atoms with E-state index in [1.54, 1.807) is 24.3 Å². The first kappa shape index (κ1) is 16.8. The first-order valence-corrected chi connectivity index (χ1v) is 7.64. The van der Waals surface area contributed by atoms with E-state index in [2.05, 4.69) is 15.9 Å². The number of nitrogens with two attached hydrogens (primary N) is 1. The van der Waals surface area contributed by atoms with Gasteiger partial charge in [0.1, 0.15) is 0 Å². The van der Waals surface area contributed by atoms with Crippen LogP contribution in [0.5, 0.6) is 0 Å². The van der Waals surface area contributed by atoms with Gasteiger partial charge in [-0.1, -0.05) is 51.3 Å². The summed E-state index contributed by atoms with van der Waals surface area (Å²) in [6, 6.07) is 9.47. The van der Waals surface area contributed by atoms with Crippen molar-refractivity contribution >= 4 is 56.6 Å². The Morgan fingerprint density at radius 2 is 1.77 bits per heavy atom. The lowest BCUT2D eigenvalue weighted by molar-refractivity contribution is 0.0476. The number of benzene rings is 2. The van der Waals surface area contributed by atoms with Crippen LogP contribution in [0.3, 0.4) is 0 Å². The second-order valence-corrected chi connectivity index (χ2v) is 6.11. The molecule has 7 heteroatoms. The molecule has 2 N–H and O–H groups in total. The molecule has 2 aromatic carbocycles. The van der Waals surface area contributed by atoms with Gasteiger partial charge in [0, 0.05) is 15.1 Å². The summed E-state index contributed by atoms with van der Waals surface area (Å²) in [5.41, 5.74) is 6.23. The molecule has 0 radical (unpaired) electrons. The maximum atomic E-state index is 12.0. The Balaban J connectivity index is 2.07. The van der Waals surface area contributed by atoms with E-state index in [9.17, 15) is 9.59 Å². The molecule has 0 saturated carbocycles. The number of nitrogen functional groups attached to an aromatic ring is 1. The van der Waals surface area contributed by atoms with Crippen molar-refractivity contribution in [1.82, 2.24) is 0 Å². The second kappa shape index (κ2) is 7.13. The first-order valence-electron chi connectivity index (χ1n) is 6.09. The third-order valence-electron chi connectivity index (χ3n) is 2.81. The van der Waals surface area contributed by atoms with E-state index in [1.165, 1.54) is 12.1 Å². The van der Waals surface area contributed by atoms with E-state index in [1.807, 2.05) is 0 Å². The lowest BCUT2D eigenvalue weighted by Gasteiger charge is -2.08. The van der Waals surface area contributed by atoms with Crippen LogP contribution in [0, 0.1) is 0 Å². The van der Waals surface area contributed by atoms with Gasteiger partial charge in [-0.25, -0.2) is 4.79 Å². The maximum absolute atomic E-state index is 12.0. The fraction of sp³-hybridized carbons (Fsp3) is 0.0667. The Morgan fingerprint density at radius 3 is 2.41 bits per heavy atom. The molecule has 0 atom stereocenters. The summed E-state index contributed by atoms with van der Waals surface area (Å²) < 4.78 is 5.82. The molecule has 22 heavy (non-hydrogen) atoms. The Hall–Kier alpha value is -1.56. The Labute approximate surface area is 145 Å². The van der Waals surface area contributed by atoms with Crippen LogP contribution in [0.25, 0.3) is 0 Å². The molecule has 2 rings (SSSR count). The van der Waals surface area contributed by atoms with Crippen LogP contribution in [-0.2, 0) is 4.74 Å². The zero-order valence-corrected chi connectivity index (χ0v) is 14.2. The number of hydrogen-bond donors (Lipinski definition) is 1. The van der Waals surface area contributed by atoms with Gasteiger partial charge in [0.25, 0.3) is 0 Å². The van der Waals surface area contributed by atoms with Crippen molar-refractivity contribution in [3.8, 4) is 0 Å². The predicted molar refractivity (Wildman–Crippen MR) is 89.6 cm³/mol. The van der Waals surface area contributed by atoms with Gasteiger partial charge < -0.3 is 10.5 Å². The highest BCUT2D eigenvalue weighted by Crippen LogP contribution is 2.28. The fourth-order valence-electron chi connectivity index (χ4n) is 1.68. The van der Waals surface area contributed by atoms with Gasteiger partial charge in [0.2, 0.25) is 0 Å². The smallest absolute Gasteiger partial charge is 0.340 e. The highest BCUT2D eigenvalue weighted by atomic mass is 79.9. The van der Waals surface area contributed by atoms with E-state index >= 15 is 0 Å². The molecule has 114 valence electrons. The molecule has 0 aliphatic heterocycles. The number of anilines is 1. The lowest BCUT2D eigenvalue weighted by atomic mass is 10.1. The molecule has 0 fully saturated rings. The van der Waals surface area contributed by atoms with E-state index in [4.69, 9.17) is 33.7 Å². The zero-order valence-electron chi connectivity index (χ0n) is 11.1. The largest absolute Gasteiger partial charge is 0.454 e. The quantitative estimate of drug-likeness (QED) is 0.468. The predicted octanol–water partition coefficient (Wildman–Crippen LogP) is 4.38. The van der Waals surface area contributed by atoms with Gasteiger partial charge in [-0.2, -0.15) is 0 Å². The van der Waals surface area contributed by atoms with Gasteiger partial charge in [-0.05, 0) is 24.3 Å². The third kappa shape index (κ3) is 4.00. The Kier molecular flexibility index (Phi) is 5.45. The summed E-state index contributed by atoms with van der Waals surface area (Å²) in [5, 5.41) is 0.407. The molecule has 0 saturated heterocycles. The number of esters is 1. The van der Waals surface area contributed by atoms with E-state index in [0.717, 1.165) is 4.47 Å². The Bertz CT molecular complexity index is 732. The first-order chi connectivity index (χ1) is 10.4. The average Bonchev–Trinajstić information content (AvgIpc) is 2.48. The molecular formula is C15H10BrCl2NO3. The van der Waals surface area contributed by atoms with Crippen molar-refractivity contribution in [2.24, 2.45) is 0 Å². The van der Waals surface area contributed by atoms with Crippen LogP contribution in [0.2, 0.25) is 10.0 Å². The minimum atomic E-state index is -0.757. The number of ether oxygens (including phenoxy) is 1. The number of carbonyl (C=O) groups excluding carboxylic acids is 2. The normalized spacial score (nSPS) is 10.3. The molecule has 0 unspecified atom stereocenters. The minimum absolute atomic E-state index is 0.0288. The average molecular weight is 403 g/mol. The summed E-state index contributed by atoms with van der Waals surface area (Å²) in [4.78, 5) is 23.9. The van der Waals surface area contributed by atoms with E-state index in [-0.39, 0.29) is 27.1 Å². The van der Waals surface area contributed by atoms with Crippen molar-refractivity contribution in [2.75, 3.05) is 12.3 Å². The lowest BCUT2D eigenvalue weighted by Crippen LogP contribution is -2.15. The van der Waals surface area contributed by atoms with Crippen molar-refractivity contribution in [3.05, 3.63) is 62.0 Å². The van der Waals surface area contributed by atoms with Gasteiger partial charge in [-0.15, -0.1) is 0 Å². The molecular weight excluding hydrogens is 393 g/mol. The van der Waals surface area contributed by atoms with Gasteiger partial charge in [-0.3, -0.25) is 4.79 Å². The molecule has 0 bridgehead atoms. The number of Topliss-reactive ketones (excluding diaryl/α,β-unsaturated/α-hetero) is 1. The number of halogens is 3. The van der Waals surface area contributed by atoms with Crippen molar-refractivity contribution in [1.29, 1.82) is 0 Å². The van der Waals surface area contributed by atoms with Crippen LogP contribution in [-0.4, -0.2) is 18.4 Å². The third-order valence-corrected chi connectivity index (χ3v) is 3.87. The van der Waals surface area contributed by atoms with Crippen LogP contribution in [0.4, 0.5) is 5.69 Å². The summed E-state index contributed by atoms with van der Waals surface area (Å²) in [7, 11) is 0. The maximum Gasteiger partial charge on any atom is 0.340 e. The fourth-order valence-corrected chi connectivity index (χ4v) is 2.44. The zero-order chi connectivity index (χ0) is 16.3. The molecule has 0 aliphatic rings.